The number of hydrogen-bond donors (Lipinski definition) is 1. The topological polar surface area (TPSA) is 69.3 Å². The van der Waals surface area contributed by atoms with Crippen molar-refractivity contribution >= 4 is 34.7 Å². The van der Waals surface area contributed by atoms with Gasteiger partial charge in [0.1, 0.15) is 19.0 Å². The number of carbonyl (C=O) groups is 1. The Hall–Kier alpha value is -3.53. The lowest BCUT2D eigenvalue weighted by atomic mass is 9.93. The van der Waals surface area contributed by atoms with Crippen molar-refractivity contribution in [2.75, 3.05) is 33.1 Å². The molecule has 1 amide bonds. The van der Waals surface area contributed by atoms with E-state index in [2.05, 4.69) is 5.32 Å². The Morgan fingerprint density at radius 2 is 1.71 bits per heavy atom. The highest BCUT2D eigenvalue weighted by Gasteiger charge is 2.36. The molecule has 220 valence electrons. The highest BCUT2D eigenvalue weighted by atomic mass is 35.5. The van der Waals surface area contributed by atoms with Crippen molar-refractivity contribution in [3.05, 3.63) is 86.9 Å². The fourth-order valence-electron chi connectivity index (χ4n) is 5.09. The van der Waals surface area contributed by atoms with Crippen LogP contribution in [0.4, 0.5) is 8.78 Å². The Morgan fingerprint density at radius 3 is 2.48 bits per heavy atom. The maximum Gasteiger partial charge on any atom is 0.251 e. The number of nitrogens with one attached hydrogen (secondary N) is 1. The maximum atomic E-state index is 14.0. The SMILES string of the molecule is O=C(C1=C(c2ccc(OCCOc3c(F)ccc(Cl)c3F)cc2)CCNC1)N(Cc1cc2c(cc1Cl)OCO2)C1CC1. The molecule has 0 atom stereocenters. The summed E-state index contributed by atoms with van der Waals surface area (Å²) in [6, 6.07) is 13.4. The number of benzene rings is 3. The fraction of sp³-hybridized carbons (Fsp3) is 0.323. The van der Waals surface area contributed by atoms with Crippen molar-refractivity contribution in [3.8, 4) is 23.0 Å². The van der Waals surface area contributed by atoms with Crippen LogP contribution in [0.1, 0.15) is 30.4 Å². The largest absolute Gasteiger partial charge is 0.490 e. The van der Waals surface area contributed by atoms with Crippen LogP contribution in [-0.4, -0.2) is 49.9 Å². The lowest BCUT2D eigenvalue weighted by Gasteiger charge is -2.28. The third-order valence-corrected chi connectivity index (χ3v) is 8.05. The van der Waals surface area contributed by atoms with E-state index in [1.807, 2.05) is 23.1 Å². The molecule has 7 nitrogen and oxygen atoms in total. The first-order valence-electron chi connectivity index (χ1n) is 13.7. The van der Waals surface area contributed by atoms with E-state index in [0.717, 1.165) is 53.8 Å². The Balaban J connectivity index is 1.14. The average Bonchev–Trinajstić information content (AvgIpc) is 3.75. The predicted octanol–water partition coefficient (Wildman–Crippen LogP) is 6.40. The number of hydrogen-bond acceptors (Lipinski definition) is 6. The highest BCUT2D eigenvalue weighted by molar-refractivity contribution is 6.31. The maximum absolute atomic E-state index is 14.0. The van der Waals surface area contributed by atoms with E-state index >= 15 is 0 Å². The summed E-state index contributed by atoms with van der Waals surface area (Å²) in [6.45, 7) is 1.76. The lowest BCUT2D eigenvalue weighted by Crippen LogP contribution is -2.39. The Bertz CT molecular complexity index is 1530. The van der Waals surface area contributed by atoms with Crippen LogP contribution in [0.25, 0.3) is 5.57 Å². The Labute approximate surface area is 251 Å². The molecule has 0 spiro atoms. The van der Waals surface area contributed by atoms with Crippen LogP contribution in [0.5, 0.6) is 23.0 Å². The van der Waals surface area contributed by atoms with E-state index in [-0.39, 0.29) is 37.0 Å². The zero-order valence-electron chi connectivity index (χ0n) is 22.6. The van der Waals surface area contributed by atoms with Gasteiger partial charge >= 0.3 is 0 Å². The summed E-state index contributed by atoms with van der Waals surface area (Å²) in [6.07, 6.45) is 2.61. The monoisotopic (exact) mass is 616 g/mol. The van der Waals surface area contributed by atoms with Crippen molar-refractivity contribution < 1.29 is 32.5 Å². The molecule has 42 heavy (non-hydrogen) atoms. The number of amides is 1. The molecule has 0 saturated heterocycles. The number of rotatable bonds is 10. The third-order valence-electron chi connectivity index (χ3n) is 7.41. The lowest BCUT2D eigenvalue weighted by molar-refractivity contribution is -0.128. The van der Waals surface area contributed by atoms with Gasteiger partial charge in [-0.25, -0.2) is 8.78 Å². The van der Waals surface area contributed by atoms with Gasteiger partial charge in [0.05, 0.1) is 5.02 Å². The zero-order valence-corrected chi connectivity index (χ0v) is 24.1. The van der Waals surface area contributed by atoms with Crippen LogP contribution >= 0.6 is 23.2 Å². The smallest absolute Gasteiger partial charge is 0.251 e. The van der Waals surface area contributed by atoms with Crippen LogP contribution in [0.3, 0.4) is 0 Å². The van der Waals surface area contributed by atoms with Crippen molar-refractivity contribution in [1.29, 1.82) is 0 Å². The average molecular weight is 617 g/mol. The Morgan fingerprint density at radius 1 is 0.976 bits per heavy atom. The summed E-state index contributed by atoms with van der Waals surface area (Å²) in [5.41, 5.74) is 3.47. The summed E-state index contributed by atoms with van der Waals surface area (Å²) in [4.78, 5) is 15.9. The van der Waals surface area contributed by atoms with Crippen LogP contribution in [0.15, 0.2) is 54.1 Å². The second-order valence-corrected chi connectivity index (χ2v) is 11.1. The second kappa shape index (κ2) is 12.4. The van der Waals surface area contributed by atoms with Gasteiger partial charge in [0.2, 0.25) is 6.79 Å². The van der Waals surface area contributed by atoms with Gasteiger partial charge in [-0.1, -0.05) is 35.3 Å². The van der Waals surface area contributed by atoms with E-state index in [1.54, 1.807) is 18.2 Å². The van der Waals surface area contributed by atoms with E-state index in [9.17, 15) is 13.6 Å². The summed E-state index contributed by atoms with van der Waals surface area (Å²) >= 11 is 12.2. The molecular weight excluding hydrogens is 589 g/mol. The minimum Gasteiger partial charge on any atom is -0.490 e. The molecule has 1 fully saturated rings. The van der Waals surface area contributed by atoms with Gasteiger partial charge in [0.25, 0.3) is 5.91 Å². The van der Waals surface area contributed by atoms with Crippen molar-refractivity contribution in [1.82, 2.24) is 10.2 Å². The van der Waals surface area contributed by atoms with Crippen molar-refractivity contribution in [3.63, 3.8) is 0 Å². The summed E-state index contributed by atoms with van der Waals surface area (Å²) in [7, 11) is 0. The molecule has 3 aliphatic rings. The fourth-order valence-corrected chi connectivity index (χ4v) is 5.46. The van der Waals surface area contributed by atoms with E-state index in [0.29, 0.717) is 41.8 Å². The van der Waals surface area contributed by atoms with Gasteiger partial charge in [-0.2, -0.15) is 0 Å². The van der Waals surface area contributed by atoms with Gasteiger partial charge in [-0.15, -0.1) is 0 Å². The molecule has 3 aromatic carbocycles. The van der Waals surface area contributed by atoms with Gasteiger partial charge < -0.3 is 29.2 Å². The second-order valence-electron chi connectivity index (χ2n) is 10.2. The summed E-state index contributed by atoms with van der Waals surface area (Å²) in [5.74, 6) is -0.507. The van der Waals surface area contributed by atoms with Crippen molar-refractivity contribution in [2.45, 2.75) is 31.8 Å². The molecule has 3 aromatic rings. The van der Waals surface area contributed by atoms with Crippen LogP contribution in [0.2, 0.25) is 10.0 Å². The Kier molecular flexibility index (Phi) is 8.42. The van der Waals surface area contributed by atoms with E-state index in [4.69, 9.17) is 42.1 Å². The quantitative estimate of drug-likeness (QED) is 0.210. The molecular formula is C31H28Cl2F2N2O5. The number of halogens is 4. The summed E-state index contributed by atoms with van der Waals surface area (Å²) < 4.78 is 49.7. The normalized spacial score (nSPS) is 16.0. The van der Waals surface area contributed by atoms with E-state index < -0.39 is 17.4 Å². The number of carbonyl (C=O) groups excluding carboxylic acids is 1. The highest BCUT2D eigenvalue weighted by Crippen LogP contribution is 2.39. The van der Waals surface area contributed by atoms with Gasteiger partial charge in [-0.3, -0.25) is 4.79 Å². The molecule has 2 aliphatic heterocycles. The molecule has 11 heteroatoms. The van der Waals surface area contributed by atoms with Crippen LogP contribution in [-0.2, 0) is 11.3 Å². The van der Waals surface area contributed by atoms with Gasteiger partial charge in [-0.05, 0) is 72.8 Å². The molecule has 2 heterocycles. The van der Waals surface area contributed by atoms with E-state index in [1.165, 1.54) is 0 Å². The van der Waals surface area contributed by atoms with Gasteiger partial charge in [0, 0.05) is 35.8 Å². The number of fused-ring (bicyclic) bond motifs is 1. The molecule has 1 saturated carbocycles. The first-order valence-corrected chi connectivity index (χ1v) is 14.5. The van der Waals surface area contributed by atoms with Gasteiger partial charge in [0.15, 0.2) is 28.9 Å². The minimum absolute atomic E-state index is 0.00797. The molecule has 0 bridgehead atoms. The summed E-state index contributed by atoms with van der Waals surface area (Å²) in [5, 5.41) is 3.66. The van der Waals surface area contributed by atoms with Crippen LogP contribution in [0, 0.1) is 11.6 Å². The first kappa shape index (κ1) is 28.6. The molecule has 1 N–H and O–H groups in total. The third kappa shape index (κ3) is 6.14. The standard InChI is InChI=1S/C31H28Cl2F2N2O5/c32-24-7-8-26(34)30(29(24)35)40-12-11-39-21-5-1-18(2-6-21)22-9-10-36-15-23(22)31(38)37(20-3-4-20)16-19-13-27-28(14-25(19)33)42-17-41-27/h1-2,5-8,13-14,20,36H,3-4,9-12,15-17H2. The number of nitrogens with zero attached hydrogens (tertiary/aromatic N) is 1. The molecule has 6 rings (SSSR count). The predicted molar refractivity (Wildman–Crippen MR) is 154 cm³/mol. The van der Waals surface area contributed by atoms with Crippen molar-refractivity contribution in [2.24, 2.45) is 0 Å². The first-order chi connectivity index (χ1) is 20.4. The molecule has 1 aliphatic carbocycles. The molecule has 0 radical (unpaired) electrons. The molecule has 0 aromatic heterocycles. The van der Waals surface area contributed by atoms with Crippen LogP contribution < -0.4 is 24.3 Å². The number of ether oxygens (including phenoxy) is 4. The minimum atomic E-state index is -0.944. The zero-order chi connectivity index (χ0) is 29.2. The molecule has 0 unspecified atom stereocenters.